The van der Waals surface area contributed by atoms with E-state index in [1.165, 1.54) is 6.20 Å². The summed E-state index contributed by atoms with van der Waals surface area (Å²) in [6.07, 6.45) is 1.64. The van der Waals surface area contributed by atoms with E-state index in [2.05, 4.69) is 15.3 Å². The van der Waals surface area contributed by atoms with Crippen LogP contribution < -0.4 is 10.2 Å². The van der Waals surface area contributed by atoms with Gasteiger partial charge in [0, 0.05) is 38.4 Å². The van der Waals surface area contributed by atoms with Crippen molar-refractivity contribution >= 4 is 23.8 Å². The molecule has 1 aliphatic heterocycles. The molecule has 1 saturated heterocycles. The van der Waals surface area contributed by atoms with Crippen LogP contribution in [0.1, 0.15) is 51.4 Å². The van der Waals surface area contributed by atoms with E-state index in [9.17, 15) is 14.7 Å². The lowest BCUT2D eigenvalue weighted by atomic mass is 10.2. The molecule has 1 aliphatic rings. The highest BCUT2D eigenvalue weighted by Crippen LogP contribution is 2.22. The van der Waals surface area contributed by atoms with E-state index in [4.69, 9.17) is 4.74 Å². The number of carboxylic acid groups (broad SMARTS) is 1. The Kier molecular flexibility index (Phi) is 6.45. The van der Waals surface area contributed by atoms with Crippen molar-refractivity contribution < 1.29 is 19.4 Å². The molecule has 1 aromatic heterocycles. The minimum Gasteiger partial charge on any atom is -0.477 e. The molecule has 2 rings (SSSR count). The number of aromatic carboxylic acids is 1. The fraction of sp³-hybridized carbons (Fsp3) is 0.667. The fourth-order valence-corrected chi connectivity index (χ4v) is 2.86. The summed E-state index contributed by atoms with van der Waals surface area (Å²) >= 11 is 0. The quantitative estimate of drug-likeness (QED) is 0.776. The number of amides is 1. The van der Waals surface area contributed by atoms with Crippen LogP contribution in [0.5, 0.6) is 0 Å². The first kappa shape index (κ1) is 20.7. The molecule has 1 fully saturated rings. The Hall–Kier alpha value is -2.58. The van der Waals surface area contributed by atoms with Gasteiger partial charge in [-0.2, -0.15) is 4.98 Å². The smallest absolute Gasteiger partial charge is 0.410 e. The molecule has 27 heavy (non-hydrogen) atoms. The minimum absolute atomic E-state index is 0.0154. The monoisotopic (exact) mass is 379 g/mol. The van der Waals surface area contributed by atoms with Gasteiger partial charge in [-0.05, 0) is 41.0 Å². The average molecular weight is 379 g/mol. The molecule has 0 unspecified atom stereocenters. The number of hydrogen-bond acceptors (Lipinski definition) is 7. The van der Waals surface area contributed by atoms with E-state index in [1.54, 1.807) is 4.90 Å². The van der Waals surface area contributed by atoms with Gasteiger partial charge in [0.05, 0.1) is 0 Å². The first-order valence-corrected chi connectivity index (χ1v) is 9.24. The maximum Gasteiger partial charge on any atom is 0.410 e. The van der Waals surface area contributed by atoms with Crippen molar-refractivity contribution in [3.63, 3.8) is 0 Å². The SMILES string of the molecule is CCN(CC)c1ncc(C(=O)O)c(N[C@H]2CCN(C(=O)OC(C)(C)C)C2)n1. The molecule has 0 aromatic carbocycles. The summed E-state index contributed by atoms with van der Waals surface area (Å²) in [5.74, 6) is -0.337. The van der Waals surface area contributed by atoms with Crippen molar-refractivity contribution in [3.8, 4) is 0 Å². The Morgan fingerprint density at radius 1 is 1.37 bits per heavy atom. The third-order valence-corrected chi connectivity index (χ3v) is 4.23. The molecular formula is C18H29N5O4. The normalized spacial score (nSPS) is 16.9. The highest BCUT2D eigenvalue weighted by Gasteiger charge is 2.31. The van der Waals surface area contributed by atoms with E-state index in [-0.39, 0.29) is 23.5 Å². The van der Waals surface area contributed by atoms with Crippen LogP contribution in [0.25, 0.3) is 0 Å². The summed E-state index contributed by atoms with van der Waals surface area (Å²) in [5, 5.41) is 12.6. The zero-order valence-electron chi connectivity index (χ0n) is 16.7. The highest BCUT2D eigenvalue weighted by molar-refractivity contribution is 5.93. The first-order chi connectivity index (χ1) is 12.6. The predicted molar refractivity (Wildman–Crippen MR) is 102 cm³/mol. The standard InChI is InChI=1S/C18H29N5O4/c1-6-22(7-2)16-19-10-13(15(24)25)14(21-16)20-12-8-9-23(11-12)17(26)27-18(3,4)5/h10,12H,6-9,11H2,1-5H3,(H,24,25)(H,19,20,21)/t12-/m0/s1. The molecule has 0 radical (unpaired) electrons. The van der Waals surface area contributed by atoms with Crippen molar-refractivity contribution in [1.82, 2.24) is 14.9 Å². The van der Waals surface area contributed by atoms with Crippen molar-refractivity contribution in [3.05, 3.63) is 11.8 Å². The second-order valence-electron chi connectivity index (χ2n) is 7.47. The number of aromatic nitrogens is 2. The Bertz CT molecular complexity index is 685. The molecule has 1 aromatic rings. The minimum atomic E-state index is -1.09. The van der Waals surface area contributed by atoms with Gasteiger partial charge in [0.15, 0.2) is 0 Å². The zero-order chi connectivity index (χ0) is 20.2. The van der Waals surface area contributed by atoms with E-state index in [0.717, 1.165) is 13.1 Å². The number of rotatable bonds is 6. The van der Waals surface area contributed by atoms with Gasteiger partial charge in [-0.1, -0.05) is 0 Å². The van der Waals surface area contributed by atoms with Crippen LogP contribution in [-0.2, 0) is 4.74 Å². The molecule has 2 heterocycles. The summed E-state index contributed by atoms with van der Waals surface area (Å²) in [5.41, 5.74) is -0.536. The number of nitrogens with one attached hydrogen (secondary N) is 1. The molecule has 0 aliphatic carbocycles. The average Bonchev–Trinajstić information content (AvgIpc) is 3.03. The molecule has 0 saturated carbocycles. The van der Waals surface area contributed by atoms with Gasteiger partial charge in [-0.15, -0.1) is 0 Å². The predicted octanol–water partition coefficient (Wildman–Crippen LogP) is 2.44. The van der Waals surface area contributed by atoms with E-state index in [0.29, 0.717) is 25.5 Å². The third kappa shape index (κ3) is 5.45. The largest absolute Gasteiger partial charge is 0.477 e. The lowest BCUT2D eigenvalue weighted by Crippen LogP contribution is -2.36. The van der Waals surface area contributed by atoms with Crippen molar-refractivity contribution in [1.29, 1.82) is 0 Å². The Balaban J connectivity index is 2.13. The van der Waals surface area contributed by atoms with Crippen LogP contribution in [0.15, 0.2) is 6.20 Å². The van der Waals surface area contributed by atoms with Crippen molar-refractivity contribution in [2.75, 3.05) is 36.4 Å². The number of ether oxygens (including phenoxy) is 1. The van der Waals surface area contributed by atoms with Gasteiger partial charge < -0.3 is 25.0 Å². The number of hydrogen-bond donors (Lipinski definition) is 2. The lowest BCUT2D eigenvalue weighted by Gasteiger charge is -2.24. The van der Waals surface area contributed by atoms with E-state index in [1.807, 2.05) is 39.5 Å². The topological polar surface area (TPSA) is 108 Å². The molecular weight excluding hydrogens is 350 g/mol. The van der Waals surface area contributed by atoms with Gasteiger partial charge in [0.2, 0.25) is 5.95 Å². The van der Waals surface area contributed by atoms with Crippen LogP contribution in [0.4, 0.5) is 16.6 Å². The summed E-state index contributed by atoms with van der Waals surface area (Å²) in [6.45, 7) is 11.9. The molecule has 0 bridgehead atoms. The van der Waals surface area contributed by atoms with Crippen LogP contribution in [0.3, 0.4) is 0 Å². The number of anilines is 2. The van der Waals surface area contributed by atoms with Crippen molar-refractivity contribution in [2.45, 2.75) is 52.7 Å². The second-order valence-corrected chi connectivity index (χ2v) is 7.47. The van der Waals surface area contributed by atoms with Crippen LogP contribution in [-0.4, -0.2) is 69.9 Å². The Morgan fingerprint density at radius 3 is 2.59 bits per heavy atom. The van der Waals surface area contributed by atoms with E-state index >= 15 is 0 Å². The van der Waals surface area contributed by atoms with Gasteiger partial charge >= 0.3 is 12.1 Å². The first-order valence-electron chi connectivity index (χ1n) is 9.24. The number of carboxylic acids is 1. The van der Waals surface area contributed by atoms with Crippen LogP contribution in [0.2, 0.25) is 0 Å². The summed E-state index contributed by atoms with van der Waals surface area (Å²) in [7, 11) is 0. The van der Waals surface area contributed by atoms with Gasteiger partial charge in [0.25, 0.3) is 0 Å². The lowest BCUT2D eigenvalue weighted by molar-refractivity contribution is 0.0293. The van der Waals surface area contributed by atoms with Crippen LogP contribution in [0, 0.1) is 0 Å². The summed E-state index contributed by atoms with van der Waals surface area (Å²) in [4.78, 5) is 35.9. The van der Waals surface area contributed by atoms with Gasteiger partial charge in [-0.25, -0.2) is 14.6 Å². The van der Waals surface area contributed by atoms with Gasteiger partial charge in [-0.3, -0.25) is 0 Å². The second kappa shape index (κ2) is 8.41. The maximum atomic E-state index is 12.2. The third-order valence-electron chi connectivity index (χ3n) is 4.23. The number of carbonyl (C=O) groups excluding carboxylic acids is 1. The molecule has 0 spiro atoms. The van der Waals surface area contributed by atoms with E-state index < -0.39 is 11.6 Å². The molecule has 9 heteroatoms. The van der Waals surface area contributed by atoms with Gasteiger partial charge in [0.1, 0.15) is 17.0 Å². The molecule has 1 atom stereocenters. The maximum absolute atomic E-state index is 12.2. The summed E-state index contributed by atoms with van der Waals surface area (Å²) in [6, 6.07) is -0.102. The number of carbonyl (C=O) groups is 2. The van der Waals surface area contributed by atoms with Crippen molar-refractivity contribution in [2.24, 2.45) is 0 Å². The molecule has 2 N–H and O–H groups in total. The molecule has 9 nitrogen and oxygen atoms in total. The zero-order valence-corrected chi connectivity index (χ0v) is 16.7. The fourth-order valence-electron chi connectivity index (χ4n) is 2.86. The summed E-state index contributed by atoms with van der Waals surface area (Å²) < 4.78 is 5.39. The molecule has 1 amide bonds. The Labute approximate surface area is 159 Å². The number of nitrogens with zero attached hydrogens (tertiary/aromatic N) is 4. The molecule has 150 valence electrons. The Morgan fingerprint density at radius 2 is 2.04 bits per heavy atom. The number of likely N-dealkylation sites (tertiary alicyclic amines) is 1. The highest BCUT2D eigenvalue weighted by atomic mass is 16.6. The van der Waals surface area contributed by atoms with Crippen LogP contribution >= 0.6 is 0 Å².